The second-order valence-electron chi connectivity index (χ2n) is 5.05. The van der Waals surface area contributed by atoms with E-state index >= 15 is 0 Å². The lowest BCUT2D eigenvalue weighted by Gasteiger charge is -2.30. The molecule has 0 saturated carbocycles. The van der Waals surface area contributed by atoms with Crippen LogP contribution in [0.2, 0.25) is 10.0 Å². The molecule has 0 amide bonds. The van der Waals surface area contributed by atoms with Gasteiger partial charge in [-0.05, 0) is 36.6 Å². The number of hydrogen-bond donors (Lipinski definition) is 1. The largest absolute Gasteiger partial charge is 0.380 e. The average molecular weight is 304 g/mol. The number of methoxy groups -OCH3 is 1. The maximum atomic E-state index is 6.25. The third kappa shape index (κ3) is 4.96. The molecule has 2 nitrogen and oxygen atoms in total. The van der Waals surface area contributed by atoms with Gasteiger partial charge in [0.05, 0.1) is 6.10 Å². The number of hydrogen-bond acceptors (Lipinski definition) is 2. The van der Waals surface area contributed by atoms with Gasteiger partial charge in [0.2, 0.25) is 0 Å². The van der Waals surface area contributed by atoms with Gasteiger partial charge in [0.25, 0.3) is 0 Å². The lowest BCUT2D eigenvalue weighted by molar-refractivity contribution is 0.0337. The number of nitrogens with one attached hydrogen (secondary N) is 1. The lowest BCUT2D eigenvalue weighted by atomic mass is 9.94. The smallest absolute Gasteiger partial charge is 0.0750 e. The zero-order chi connectivity index (χ0) is 14.4. The van der Waals surface area contributed by atoms with Crippen LogP contribution in [-0.4, -0.2) is 25.8 Å². The molecular weight excluding hydrogens is 281 g/mol. The van der Waals surface area contributed by atoms with Crippen molar-refractivity contribution in [3.8, 4) is 0 Å². The van der Waals surface area contributed by atoms with Crippen molar-refractivity contribution in [3.63, 3.8) is 0 Å². The van der Waals surface area contributed by atoms with Crippen LogP contribution in [0.25, 0.3) is 0 Å². The van der Waals surface area contributed by atoms with E-state index in [0.717, 1.165) is 18.5 Å². The van der Waals surface area contributed by atoms with E-state index in [9.17, 15) is 0 Å². The first-order chi connectivity index (χ1) is 8.99. The summed E-state index contributed by atoms with van der Waals surface area (Å²) in [6, 6.07) is 5.90. The van der Waals surface area contributed by atoms with Crippen LogP contribution in [0.4, 0.5) is 0 Å². The highest BCUT2D eigenvalue weighted by Crippen LogP contribution is 2.24. The van der Waals surface area contributed by atoms with Crippen LogP contribution in [0.1, 0.15) is 26.3 Å². The summed E-state index contributed by atoms with van der Waals surface area (Å²) in [6.45, 7) is 7.34. The van der Waals surface area contributed by atoms with Crippen LogP contribution in [0, 0.1) is 5.92 Å². The summed E-state index contributed by atoms with van der Waals surface area (Å²) >= 11 is 12.2. The van der Waals surface area contributed by atoms with Crippen molar-refractivity contribution in [3.05, 3.63) is 33.8 Å². The first-order valence-corrected chi connectivity index (χ1v) is 7.45. The summed E-state index contributed by atoms with van der Waals surface area (Å²) < 4.78 is 5.63. The van der Waals surface area contributed by atoms with Gasteiger partial charge in [-0.2, -0.15) is 0 Å². The summed E-state index contributed by atoms with van der Waals surface area (Å²) in [7, 11) is 1.76. The van der Waals surface area contributed by atoms with Crippen molar-refractivity contribution in [1.29, 1.82) is 0 Å². The highest BCUT2D eigenvalue weighted by Gasteiger charge is 2.24. The molecule has 0 spiro atoms. The number of halogens is 2. The summed E-state index contributed by atoms with van der Waals surface area (Å²) in [6.07, 6.45) is 0.993. The van der Waals surface area contributed by atoms with E-state index < -0.39 is 0 Å². The van der Waals surface area contributed by atoms with E-state index in [1.807, 2.05) is 12.1 Å². The molecule has 0 aliphatic carbocycles. The van der Waals surface area contributed by atoms with Crippen molar-refractivity contribution < 1.29 is 4.74 Å². The van der Waals surface area contributed by atoms with Crippen molar-refractivity contribution in [2.24, 2.45) is 5.92 Å². The number of likely N-dealkylation sites (N-methyl/N-ethyl adjacent to an activating group) is 1. The van der Waals surface area contributed by atoms with Crippen LogP contribution < -0.4 is 5.32 Å². The van der Waals surface area contributed by atoms with E-state index in [1.165, 1.54) is 0 Å². The second kappa shape index (κ2) is 8.11. The van der Waals surface area contributed by atoms with Crippen LogP contribution in [0.15, 0.2) is 18.2 Å². The quantitative estimate of drug-likeness (QED) is 0.815. The van der Waals surface area contributed by atoms with Gasteiger partial charge in [-0.25, -0.2) is 0 Å². The van der Waals surface area contributed by atoms with Crippen LogP contribution >= 0.6 is 23.2 Å². The molecule has 0 aromatic heterocycles. The summed E-state index contributed by atoms with van der Waals surface area (Å²) in [5, 5.41) is 4.87. The van der Waals surface area contributed by atoms with Gasteiger partial charge in [-0.15, -0.1) is 0 Å². The van der Waals surface area contributed by atoms with E-state index in [2.05, 4.69) is 26.1 Å². The Bertz CT molecular complexity index is 396. The molecule has 1 N–H and O–H groups in total. The highest BCUT2D eigenvalue weighted by molar-refractivity contribution is 6.35. The Morgan fingerprint density at radius 1 is 1.26 bits per heavy atom. The van der Waals surface area contributed by atoms with E-state index in [-0.39, 0.29) is 12.1 Å². The van der Waals surface area contributed by atoms with E-state index in [0.29, 0.717) is 16.0 Å². The molecule has 0 saturated heterocycles. The SMILES string of the molecule is CCNC(Cc1ccc(Cl)cc1Cl)C(OC)C(C)C. The molecule has 0 aliphatic heterocycles. The van der Waals surface area contributed by atoms with Gasteiger partial charge in [0.1, 0.15) is 0 Å². The summed E-state index contributed by atoms with van der Waals surface area (Å²) in [4.78, 5) is 0. The van der Waals surface area contributed by atoms with Gasteiger partial charge in [-0.1, -0.05) is 50.0 Å². The summed E-state index contributed by atoms with van der Waals surface area (Å²) in [5.41, 5.74) is 1.10. The Balaban J connectivity index is 2.88. The standard InChI is InChI=1S/C15H23Cl2NO/c1-5-18-14(15(19-4)10(2)3)8-11-6-7-12(16)9-13(11)17/h6-7,9-10,14-15,18H,5,8H2,1-4H3. The molecule has 1 rings (SSSR count). The minimum Gasteiger partial charge on any atom is -0.380 e. The van der Waals surface area contributed by atoms with E-state index in [1.54, 1.807) is 13.2 Å². The molecule has 2 atom stereocenters. The van der Waals surface area contributed by atoms with Crippen molar-refractivity contribution >= 4 is 23.2 Å². The molecule has 1 aromatic carbocycles. The molecule has 0 aliphatic rings. The fourth-order valence-electron chi connectivity index (χ4n) is 2.39. The Labute approximate surface area is 126 Å². The van der Waals surface area contributed by atoms with Crippen LogP contribution in [0.3, 0.4) is 0 Å². The molecule has 2 unspecified atom stereocenters. The fourth-order valence-corrected chi connectivity index (χ4v) is 2.88. The Morgan fingerprint density at radius 3 is 2.42 bits per heavy atom. The fraction of sp³-hybridized carbons (Fsp3) is 0.600. The third-order valence-corrected chi connectivity index (χ3v) is 3.83. The van der Waals surface area contributed by atoms with Crippen molar-refractivity contribution in [1.82, 2.24) is 5.32 Å². The first kappa shape index (κ1) is 16.8. The molecule has 19 heavy (non-hydrogen) atoms. The highest BCUT2D eigenvalue weighted by atomic mass is 35.5. The molecule has 4 heteroatoms. The average Bonchev–Trinajstić information content (AvgIpc) is 2.33. The zero-order valence-corrected chi connectivity index (χ0v) is 13.6. The van der Waals surface area contributed by atoms with E-state index in [4.69, 9.17) is 27.9 Å². The Kier molecular flexibility index (Phi) is 7.16. The molecule has 0 bridgehead atoms. The number of rotatable bonds is 7. The topological polar surface area (TPSA) is 21.3 Å². The van der Waals surface area contributed by atoms with Crippen LogP contribution in [-0.2, 0) is 11.2 Å². The minimum atomic E-state index is 0.159. The molecule has 1 aromatic rings. The summed E-state index contributed by atoms with van der Waals surface area (Å²) in [5.74, 6) is 0.445. The Hall–Kier alpha value is -0.280. The predicted octanol–water partition coefficient (Wildman–Crippen LogP) is 4.19. The Morgan fingerprint density at radius 2 is 1.95 bits per heavy atom. The van der Waals surface area contributed by atoms with Gasteiger partial charge in [0, 0.05) is 23.2 Å². The van der Waals surface area contributed by atoms with Crippen LogP contribution in [0.5, 0.6) is 0 Å². The zero-order valence-electron chi connectivity index (χ0n) is 12.0. The van der Waals surface area contributed by atoms with Gasteiger partial charge in [-0.3, -0.25) is 0 Å². The van der Waals surface area contributed by atoms with Crippen molar-refractivity contribution in [2.75, 3.05) is 13.7 Å². The molecule has 0 radical (unpaired) electrons. The van der Waals surface area contributed by atoms with Gasteiger partial charge in [0.15, 0.2) is 0 Å². The molecule has 0 heterocycles. The first-order valence-electron chi connectivity index (χ1n) is 6.69. The monoisotopic (exact) mass is 303 g/mol. The third-order valence-electron chi connectivity index (χ3n) is 3.25. The maximum Gasteiger partial charge on any atom is 0.0750 e. The number of benzene rings is 1. The molecule has 0 fully saturated rings. The van der Waals surface area contributed by atoms with Crippen molar-refractivity contribution in [2.45, 2.75) is 39.3 Å². The minimum absolute atomic E-state index is 0.159. The molecule has 108 valence electrons. The van der Waals surface area contributed by atoms with Gasteiger partial charge >= 0.3 is 0 Å². The lowest BCUT2D eigenvalue weighted by Crippen LogP contribution is -2.45. The van der Waals surface area contributed by atoms with Gasteiger partial charge < -0.3 is 10.1 Å². The number of ether oxygens (including phenoxy) is 1. The predicted molar refractivity (Wildman–Crippen MR) is 83.3 cm³/mol. The second-order valence-corrected chi connectivity index (χ2v) is 5.89. The normalized spacial score (nSPS) is 14.7. The molecular formula is C15H23Cl2NO. The maximum absolute atomic E-state index is 6.25.